The van der Waals surface area contributed by atoms with Gasteiger partial charge in [0.05, 0.1) is 0 Å². The smallest absolute Gasteiger partial charge is 0.178 e. The lowest BCUT2D eigenvalue weighted by Gasteiger charge is -2.34. The molecule has 0 spiro atoms. The quantitative estimate of drug-likeness (QED) is 0.220. The average molecular weight is 477 g/mol. The Balaban J connectivity index is 1.36. The van der Waals surface area contributed by atoms with Crippen LogP contribution < -0.4 is 4.74 Å². The molecule has 0 unspecified atom stereocenters. The van der Waals surface area contributed by atoms with Crippen LogP contribution in [0.2, 0.25) is 0 Å². The van der Waals surface area contributed by atoms with Crippen LogP contribution in [0.5, 0.6) is 11.5 Å². The summed E-state index contributed by atoms with van der Waals surface area (Å²) in [6.07, 6.45) is 0. The van der Waals surface area contributed by atoms with Crippen molar-refractivity contribution < 1.29 is 9.15 Å². The van der Waals surface area contributed by atoms with Gasteiger partial charge in [0, 0.05) is 27.3 Å². The van der Waals surface area contributed by atoms with E-state index in [-0.39, 0.29) is 5.41 Å². The summed E-state index contributed by atoms with van der Waals surface area (Å²) in [6, 6.07) is 38.8. The second-order valence-corrected chi connectivity index (χ2v) is 10.5. The van der Waals surface area contributed by atoms with Gasteiger partial charge in [-0.3, -0.25) is 0 Å². The van der Waals surface area contributed by atoms with Crippen molar-refractivity contribution >= 4 is 43.5 Å². The molecular weight excluding hydrogens is 452 g/mol. The van der Waals surface area contributed by atoms with Crippen molar-refractivity contribution in [3.05, 3.63) is 120 Å². The summed E-state index contributed by atoms with van der Waals surface area (Å²) >= 11 is 0. The Kier molecular flexibility index (Phi) is 4.03. The van der Waals surface area contributed by atoms with Crippen LogP contribution in [0.25, 0.3) is 54.6 Å². The van der Waals surface area contributed by atoms with Gasteiger partial charge in [-0.05, 0) is 56.9 Å². The van der Waals surface area contributed by atoms with Gasteiger partial charge in [-0.2, -0.15) is 0 Å². The molecule has 37 heavy (non-hydrogen) atoms. The first kappa shape index (κ1) is 20.6. The highest BCUT2D eigenvalue weighted by Crippen LogP contribution is 2.52. The molecule has 8 rings (SSSR count). The molecule has 0 aliphatic carbocycles. The number of rotatable bonds is 1. The summed E-state index contributed by atoms with van der Waals surface area (Å²) < 4.78 is 13.1. The average Bonchev–Trinajstić information content (AvgIpc) is 3.32. The Labute approximate surface area is 214 Å². The molecule has 0 amide bonds. The van der Waals surface area contributed by atoms with Gasteiger partial charge in [0.1, 0.15) is 11.3 Å². The van der Waals surface area contributed by atoms with Crippen molar-refractivity contribution in [2.24, 2.45) is 0 Å². The van der Waals surface area contributed by atoms with Gasteiger partial charge in [-0.15, -0.1) is 0 Å². The van der Waals surface area contributed by atoms with Crippen molar-refractivity contribution in [2.45, 2.75) is 19.3 Å². The maximum Gasteiger partial charge on any atom is 0.178 e. The zero-order valence-corrected chi connectivity index (χ0v) is 20.7. The number of hydrogen-bond donors (Lipinski definition) is 0. The van der Waals surface area contributed by atoms with Crippen LogP contribution in [0.4, 0.5) is 0 Å². The Bertz CT molecular complexity index is 2040. The third-order valence-electron chi connectivity index (χ3n) is 8.12. The van der Waals surface area contributed by atoms with E-state index in [4.69, 9.17) is 9.15 Å². The van der Waals surface area contributed by atoms with Crippen molar-refractivity contribution in [1.29, 1.82) is 0 Å². The topological polar surface area (TPSA) is 22.4 Å². The SMILES string of the molecule is CC1(C)c2ccc(-c3cc4ccccc4c4ccccc34)cc2Oc2c1ccc1c2oc2ccccc21. The highest BCUT2D eigenvalue weighted by Gasteiger charge is 2.36. The summed E-state index contributed by atoms with van der Waals surface area (Å²) in [5, 5.41) is 7.23. The van der Waals surface area contributed by atoms with Crippen molar-refractivity contribution in [3.63, 3.8) is 0 Å². The predicted molar refractivity (Wildman–Crippen MR) is 153 cm³/mol. The Morgan fingerprint density at radius 3 is 2.14 bits per heavy atom. The van der Waals surface area contributed by atoms with Gasteiger partial charge < -0.3 is 9.15 Å². The van der Waals surface area contributed by atoms with E-state index in [1.54, 1.807) is 0 Å². The van der Waals surface area contributed by atoms with Crippen LogP contribution in [0.15, 0.2) is 114 Å². The lowest BCUT2D eigenvalue weighted by molar-refractivity contribution is 0.415. The van der Waals surface area contributed by atoms with Gasteiger partial charge in [0.25, 0.3) is 0 Å². The second kappa shape index (κ2) is 7.24. The molecule has 7 aromatic rings. The Morgan fingerprint density at radius 2 is 1.27 bits per heavy atom. The maximum atomic E-state index is 6.72. The molecule has 0 fully saturated rings. The van der Waals surface area contributed by atoms with Gasteiger partial charge >= 0.3 is 0 Å². The fourth-order valence-corrected chi connectivity index (χ4v) is 6.20. The molecule has 2 heterocycles. The molecule has 1 aromatic heterocycles. The fourth-order valence-electron chi connectivity index (χ4n) is 6.20. The van der Waals surface area contributed by atoms with Gasteiger partial charge in [-0.25, -0.2) is 0 Å². The molecule has 6 aromatic carbocycles. The fraction of sp³-hybridized carbons (Fsp3) is 0.0857. The largest absolute Gasteiger partial charge is 0.453 e. The van der Waals surface area contributed by atoms with E-state index in [0.717, 1.165) is 44.6 Å². The van der Waals surface area contributed by atoms with Crippen LogP contribution in [0, 0.1) is 0 Å². The maximum absolute atomic E-state index is 6.72. The summed E-state index contributed by atoms with van der Waals surface area (Å²) in [5.41, 5.74) is 6.18. The predicted octanol–water partition coefficient (Wildman–Crippen LogP) is 9.99. The molecule has 2 heteroatoms. The molecule has 0 saturated heterocycles. The molecule has 0 atom stereocenters. The van der Waals surface area contributed by atoms with E-state index in [1.807, 2.05) is 12.1 Å². The first-order valence-corrected chi connectivity index (χ1v) is 12.8. The first-order chi connectivity index (χ1) is 18.1. The number of furan rings is 1. The standard InChI is InChI=1S/C35H24O2/c1-35(2)29-17-15-22(28-19-21-9-3-4-10-23(21)24-11-5-6-12-25(24)28)20-32(29)37-34-30(35)18-16-27-26-13-7-8-14-31(26)36-33(27)34/h3-20H,1-2H3. The van der Waals surface area contributed by atoms with E-state index in [2.05, 4.69) is 111 Å². The highest BCUT2D eigenvalue weighted by molar-refractivity contribution is 6.14. The summed E-state index contributed by atoms with van der Waals surface area (Å²) in [4.78, 5) is 0. The molecule has 1 aliphatic heterocycles. The van der Waals surface area contributed by atoms with E-state index < -0.39 is 0 Å². The molecule has 0 saturated carbocycles. The third kappa shape index (κ3) is 2.81. The van der Waals surface area contributed by atoms with Crippen LogP contribution in [0.1, 0.15) is 25.0 Å². The minimum Gasteiger partial charge on any atom is -0.453 e. The highest BCUT2D eigenvalue weighted by atomic mass is 16.5. The number of fused-ring (bicyclic) bond motifs is 9. The van der Waals surface area contributed by atoms with Gasteiger partial charge in [0.15, 0.2) is 11.3 Å². The van der Waals surface area contributed by atoms with Crippen LogP contribution in [0.3, 0.4) is 0 Å². The molecule has 0 bridgehead atoms. The monoisotopic (exact) mass is 476 g/mol. The Morgan fingerprint density at radius 1 is 0.568 bits per heavy atom. The van der Waals surface area contributed by atoms with E-state index in [0.29, 0.717) is 0 Å². The van der Waals surface area contributed by atoms with Gasteiger partial charge in [-0.1, -0.05) is 98.8 Å². The number of hydrogen-bond acceptors (Lipinski definition) is 2. The number of para-hydroxylation sites is 1. The summed E-state index contributed by atoms with van der Waals surface area (Å²) in [5.74, 6) is 1.71. The Hall–Kier alpha value is -4.56. The van der Waals surface area contributed by atoms with Crippen molar-refractivity contribution in [2.75, 3.05) is 0 Å². The van der Waals surface area contributed by atoms with Crippen molar-refractivity contribution in [1.82, 2.24) is 0 Å². The molecule has 2 nitrogen and oxygen atoms in total. The lowest BCUT2D eigenvalue weighted by Crippen LogP contribution is -2.24. The lowest BCUT2D eigenvalue weighted by atomic mass is 9.75. The van der Waals surface area contributed by atoms with Crippen LogP contribution in [-0.2, 0) is 5.41 Å². The van der Waals surface area contributed by atoms with E-state index in [1.165, 1.54) is 32.7 Å². The van der Waals surface area contributed by atoms with Crippen molar-refractivity contribution in [3.8, 4) is 22.6 Å². The minimum absolute atomic E-state index is 0.222. The number of benzene rings is 6. The van der Waals surface area contributed by atoms with E-state index >= 15 is 0 Å². The normalized spacial score (nSPS) is 14.1. The minimum atomic E-state index is -0.222. The zero-order valence-electron chi connectivity index (χ0n) is 20.7. The molecule has 1 aliphatic rings. The summed E-state index contributed by atoms with van der Waals surface area (Å²) in [7, 11) is 0. The van der Waals surface area contributed by atoms with Crippen LogP contribution >= 0.6 is 0 Å². The third-order valence-corrected chi connectivity index (χ3v) is 8.12. The van der Waals surface area contributed by atoms with E-state index in [9.17, 15) is 0 Å². The van der Waals surface area contributed by atoms with Gasteiger partial charge in [0.2, 0.25) is 0 Å². The molecule has 0 radical (unpaired) electrons. The zero-order chi connectivity index (χ0) is 24.7. The van der Waals surface area contributed by atoms with Crippen LogP contribution in [-0.4, -0.2) is 0 Å². The summed E-state index contributed by atoms with van der Waals surface area (Å²) in [6.45, 7) is 4.54. The second-order valence-electron chi connectivity index (χ2n) is 10.5. The molecule has 0 N–H and O–H groups in total. The number of ether oxygens (including phenoxy) is 1. The molecule has 176 valence electrons. The molecular formula is C35H24O2. The first-order valence-electron chi connectivity index (χ1n) is 12.8.